The molecule has 0 unspecified atom stereocenters. The Morgan fingerprint density at radius 1 is 0.633 bits per heavy atom. The molecule has 7 atom stereocenters. The number of rotatable bonds is 26. The molecule has 0 saturated heterocycles. The molecular formula is C39H57IN8O10S2. The maximum absolute atomic E-state index is 13.6. The number of phenolic OH excluding ortho intramolecular Hbond substituents is 1. The number of aliphatic carboxylic acids is 1. The smallest absolute Gasteiger partial charge is 0.326 e. The van der Waals surface area contributed by atoms with E-state index in [1.54, 1.807) is 13.8 Å². The molecule has 0 heterocycles. The van der Waals surface area contributed by atoms with Crippen LogP contribution in [0.15, 0.2) is 48.5 Å². The number of aromatic hydroxyl groups is 1. The van der Waals surface area contributed by atoms with Gasteiger partial charge in [0.1, 0.15) is 42.0 Å². The number of benzene rings is 2. The molecule has 0 spiro atoms. The number of aliphatic hydroxyl groups excluding tert-OH is 1. The van der Waals surface area contributed by atoms with E-state index in [1.807, 2.05) is 24.3 Å². The molecule has 18 nitrogen and oxygen atoms in total. The summed E-state index contributed by atoms with van der Waals surface area (Å²) in [7, 11) is 0. The van der Waals surface area contributed by atoms with Gasteiger partial charge in [0.25, 0.3) is 0 Å². The monoisotopic (exact) mass is 992 g/mol. The van der Waals surface area contributed by atoms with Crippen LogP contribution in [0.2, 0.25) is 0 Å². The molecule has 2 rings (SSSR count). The van der Waals surface area contributed by atoms with Crippen molar-refractivity contribution in [3.8, 4) is 5.75 Å². The van der Waals surface area contributed by atoms with E-state index in [0.29, 0.717) is 24.9 Å². The highest BCUT2D eigenvalue weighted by atomic mass is 131. The summed E-state index contributed by atoms with van der Waals surface area (Å²) >= 11 is 10.6. The first-order valence-electron chi connectivity index (χ1n) is 19.3. The van der Waals surface area contributed by atoms with Gasteiger partial charge in [0, 0.05) is 21.5 Å². The van der Waals surface area contributed by atoms with Crippen LogP contribution >= 0.6 is 47.8 Å². The summed E-state index contributed by atoms with van der Waals surface area (Å²) in [6, 6.07) is 4.10. The van der Waals surface area contributed by atoms with Crippen molar-refractivity contribution in [2.24, 2.45) is 17.4 Å². The Kier molecular flexibility index (Phi) is 23.3. The van der Waals surface area contributed by atoms with Crippen molar-refractivity contribution < 1.29 is 48.9 Å². The van der Waals surface area contributed by atoms with Gasteiger partial charge in [-0.15, -0.1) is 0 Å². The Morgan fingerprint density at radius 3 is 1.57 bits per heavy atom. The molecule has 0 aliphatic carbocycles. The molecule has 21 heteroatoms. The lowest BCUT2D eigenvalue weighted by Crippen LogP contribution is -2.61. The van der Waals surface area contributed by atoms with E-state index in [0.717, 1.165) is 9.13 Å². The number of thiol groups is 2. The second kappa shape index (κ2) is 26.9. The molecule has 13 N–H and O–H groups in total. The average Bonchev–Trinajstić information content (AvgIpc) is 3.20. The van der Waals surface area contributed by atoms with Crippen LogP contribution in [0.1, 0.15) is 50.7 Å². The number of unbranched alkanes of at least 4 members (excludes halogenated alkanes) is 1. The van der Waals surface area contributed by atoms with E-state index in [9.17, 15) is 48.9 Å². The molecule has 0 radical (unpaired) electrons. The number of halogens is 1. The standard InChI is InChI=1S/C39H57IN8O10S2/c1-21(2)15-29(39(57)58)45-36(54)30(18-49)46-35(53)28(17-23-8-12-25(50)13-9-23)44-37(55)31(19-59)48-38(56)32(20-60)47-34(52)27(5-3-4-14-41)43-33(51)26(42)16-22-6-10-24(40)11-7-22/h6-13,21,26-32,49-50,59-60H,3-5,14-20,41-42H2,1-2H3,(H,43,51)(H,44,55)(H,45,54)(H,46,53)(H,47,52)(H,48,56)(H,57,58)/t26-,27-,28-,29-,30-,31-,32-/m0/s1/i40+4. The van der Waals surface area contributed by atoms with Gasteiger partial charge in [0.05, 0.1) is 12.6 Å². The number of carbonyl (C=O) groups excluding carboxylic acids is 6. The number of nitrogens with one attached hydrogen (secondary N) is 6. The number of carbonyl (C=O) groups is 7. The van der Waals surface area contributed by atoms with E-state index in [4.69, 9.17) is 11.5 Å². The Labute approximate surface area is 373 Å². The lowest BCUT2D eigenvalue weighted by Gasteiger charge is -2.27. The van der Waals surface area contributed by atoms with Crippen molar-refractivity contribution in [2.75, 3.05) is 24.7 Å². The Morgan fingerprint density at radius 2 is 1.07 bits per heavy atom. The molecule has 60 heavy (non-hydrogen) atoms. The fourth-order valence-electron chi connectivity index (χ4n) is 5.72. The highest BCUT2D eigenvalue weighted by Crippen LogP contribution is 2.13. The van der Waals surface area contributed by atoms with Gasteiger partial charge in [0.15, 0.2) is 0 Å². The minimum absolute atomic E-state index is 0.0652. The van der Waals surface area contributed by atoms with Crippen molar-refractivity contribution in [3.05, 3.63) is 63.2 Å². The molecule has 2 aromatic rings. The molecule has 0 aliphatic rings. The predicted octanol–water partition coefficient (Wildman–Crippen LogP) is -0.870. The van der Waals surface area contributed by atoms with Crippen LogP contribution in [-0.2, 0) is 46.4 Å². The van der Waals surface area contributed by atoms with Gasteiger partial charge in [-0.2, -0.15) is 25.3 Å². The zero-order chi connectivity index (χ0) is 44.9. The summed E-state index contributed by atoms with van der Waals surface area (Å²) in [6.07, 6.45) is 1.34. The van der Waals surface area contributed by atoms with Crippen molar-refractivity contribution in [2.45, 2.75) is 94.7 Å². The van der Waals surface area contributed by atoms with Crippen molar-refractivity contribution in [1.82, 2.24) is 31.9 Å². The first-order chi connectivity index (χ1) is 28.4. The summed E-state index contributed by atoms with van der Waals surface area (Å²) in [5.74, 6) is -6.87. The molecule has 6 amide bonds. The van der Waals surface area contributed by atoms with Crippen molar-refractivity contribution in [3.63, 3.8) is 0 Å². The van der Waals surface area contributed by atoms with Gasteiger partial charge in [-0.25, -0.2) is 4.79 Å². The summed E-state index contributed by atoms with van der Waals surface area (Å²) in [5.41, 5.74) is 13.1. The summed E-state index contributed by atoms with van der Waals surface area (Å²) in [6.45, 7) is 2.96. The van der Waals surface area contributed by atoms with E-state index in [-0.39, 0.29) is 48.9 Å². The number of amides is 6. The number of aliphatic hydroxyl groups is 1. The lowest BCUT2D eigenvalue weighted by atomic mass is 10.0. The largest absolute Gasteiger partial charge is 0.508 e. The van der Waals surface area contributed by atoms with E-state index < -0.39 is 90.3 Å². The summed E-state index contributed by atoms with van der Waals surface area (Å²) in [5, 5.41) is 44.2. The quantitative estimate of drug-likeness (QED) is 0.0311. The number of carboxylic acids is 1. The summed E-state index contributed by atoms with van der Waals surface area (Å²) < 4.78 is 1.01. The van der Waals surface area contributed by atoms with Crippen LogP contribution in [0.3, 0.4) is 0 Å². The molecule has 0 bridgehead atoms. The maximum Gasteiger partial charge on any atom is 0.326 e. The second-order valence-electron chi connectivity index (χ2n) is 14.5. The predicted molar refractivity (Wildman–Crippen MR) is 239 cm³/mol. The fourth-order valence-corrected chi connectivity index (χ4v) is 6.60. The van der Waals surface area contributed by atoms with Crippen LogP contribution in [0, 0.1) is 9.49 Å². The van der Waals surface area contributed by atoms with Gasteiger partial charge in [0.2, 0.25) is 35.4 Å². The van der Waals surface area contributed by atoms with E-state index in [1.165, 1.54) is 24.3 Å². The lowest BCUT2D eigenvalue weighted by molar-refractivity contribution is -0.143. The number of hydrogen-bond donors (Lipinski definition) is 13. The van der Waals surface area contributed by atoms with E-state index >= 15 is 0 Å². The average molecular weight is 993 g/mol. The minimum Gasteiger partial charge on any atom is -0.508 e. The van der Waals surface area contributed by atoms with Gasteiger partial charge in [-0.1, -0.05) is 38.1 Å². The SMILES string of the molecule is CC(C)C[C@H](NC(=O)[C@H](CO)NC(=O)[C@H](Cc1ccc(O)cc1)NC(=O)[C@H](CS)NC(=O)[C@H](CS)NC(=O)[C@H](CCCCN)NC(=O)[C@@H](N)Cc1ccc([131I])cc1)C(=O)O. The Hall–Kier alpha value is -4.16. The van der Waals surface area contributed by atoms with Crippen LogP contribution in [0.4, 0.5) is 0 Å². The van der Waals surface area contributed by atoms with Gasteiger partial charge < -0.3 is 58.7 Å². The minimum atomic E-state index is -1.60. The fraction of sp³-hybridized carbons (Fsp3) is 0.513. The molecule has 0 saturated carbocycles. The van der Waals surface area contributed by atoms with Gasteiger partial charge in [-0.3, -0.25) is 28.8 Å². The normalized spacial score (nSPS) is 14.6. The van der Waals surface area contributed by atoms with Crippen molar-refractivity contribution in [1.29, 1.82) is 0 Å². The zero-order valence-corrected chi connectivity index (χ0v) is 37.4. The highest BCUT2D eigenvalue weighted by molar-refractivity contribution is 14.1. The van der Waals surface area contributed by atoms with E-state index in [2.05, 4.69) is 79.7 Å². The van der Waals surface area contributed by atoms with Crippen LogP contribution in [0.5, 0.6) is 5.75 Å². The first-order valence-corrected chi connectivity index (χ1v) is 21.6. The molecule has 2 aromatic carbocycles. The third kappa shape index (κ3) is 18.2. The first kappa shape index (κ1) is 52.0. The third-order valence-corrected chi connectivity index (χ3v) is 10.5. The Balaban J connectivity index is 2.21. The van der Waals surface area contributed by atoms with Gasteiger partial charge >= 0.3 is 5.97 Å². The second-order valence-corrected chi connectivity index (χ2v) is 16.5. The summed E-state index contributed by atoms with van der Waals surface area (Å²) in [4.78, 5) is 92.1. The van der Waals surface area contributed by atoms with Gasteiger partial charge in [-0.05, 0) is 103 Å². The zero-order valence-electron chi connectivity index (χ0n) is 33.4. The van der Waals surface area contributed by atoms with Crippen LogP contribution < -0.4 is 43.4 Å². The molecule has 0 aromatic heterocycles. The number of phenols is 1. The number of nitrogens with two attached hydrogens (primary N) is 2. The topological polar surface area (TPSA) is 304 Å². The van der Waals surface area contributed by atoms with Crippen LogP contribution in [-0.4, -0.2) is 124 Å². The third-order valence-electron chi connectivity index (χ3n) is 9.06. The highest BCUT2D eigenvalue weighted by Gasteiger charge is 2.33. The van der Waals surface area contributed by atoms with Crippen LogP contribution in [0.25, 0.3) is 0 Å². The molecule has 0 fully saturated rings. The molecule has 0 aliphatic heterocycles. The van der Waals surface area contributed by atoms with Crippen molar-refractivity contribution >= 4 is 89.3 Å². The molecule has 332 valence electrons. The Bertz CT molecular complexity index is 1740. The maximum atomic E-state index is 13.6. The number of carboxylic acid groups (broad SMARTS) is 1. The number of hydrogen-bond acceptors (Lipinski definition) is 13. The molecular weight excluding hydrogens is 936 g/mol.